The fourth-order valence-corrected chi connectivity index (χ4v) is 3.44. The zero-order chi connectivity index (χ0) is 14.3. The molecule has 0 aliphatic carbocycles. The van der Waals surface area contributed by atoms with Gasteiger partial charge in [-0.3, -0.25) is 14.0 Å². The lowest BCUT2D eigenvalue weighted by Gasteiger charge is -2.15. The smallest absolute Gasteiger partial charge is 0.308 e. The lowest BCUT2D eigenvalue weighted by molar-refractivity contribution is -0.141. The van der Waals surface area contributed by atoms with Crippen LogP contribution in [0.5, 0.6) is 0 Å². The van der Waals surface area contributed by atoms with Crippen LogP contribution in [-0.4, -0.2) is 44.4 Å². The molecule has 1 unspecified atom stereocenters. The number of carbonyl (C=O) groups is 2. The number of hydrogen-bond acceptors (Lipinski definition) is 4. The van der Waals surface area contributed by atoms with E-state index in [1.165, 1.54) is 11.3 Å². The van der Waals surface area contributed by atoms with Gasteiger partial charge in [-0.05, 0) is 13.3 Å². The van der Waals surface area contributed by atoms with Crippen LogP contribution in [0.25, 0.3) is 4.96 Å². The van der Waals surface area contributed by atoms with Crippen molar-refractivity contribution in [2.75, 3.05) is 13.1 Å². The van der Waals surface area contributed by atoms with Crippen LogP contribution in [0.1, 0.15) is 17.8 Å². The number of carboxylic acid groups (broad SMARTS) is 1. The number of rotatable bonds is 3. The lowest BCUT2D eigenvalue weighted by atomic mass is 10.1. The number of nitrogens with zero attached hydrogens (tertiary/aromatic N) is 3. The van der Waals surface area contributed by atoms with E-state index in [4.69, 9.17) is 5.11 Å². The number of thiazole rings is 1. The Hall–Kier alpha value is -1.89. The lowest BCUT2D eigenvalue weighted by Crippen LogP contribution is -2.31. The normalized spacial score (nSPS) is 18.9. The first kappa shape index (κ1) is 13.1. The quantitative estimate of drug-likeness (QED) is 0.922. The van der Waals surface area contributed by atoms with Crippen LogP contribution in [0.3, 0.4) is 0 Å². The molecule has 1 aliphatic heterocycles. The third kappa shape index (κ3) is 2.29. The van der Waals surface area contributed by atoms with Gasteiger partial charge in [0, 0.05) is 30.4 Å². The number of aliphatic carboxylic acids is 1. The van der Waals surface area contributed by atoms with Gasteiger partial charge in [-0.15, -0.1) is 11.3 Å². The molecule has 6 nitrogen and oxygen atoms in total. The zero-order valence-electron chi connectivity index (χ0n) is 11.1. The van der Waals surface area contributed by atoms with Gasteiger partial charge in [0.1, 0.15) is 0 Å². The molecule has 1 aliphatic rings. The van der Waals surface area contributed by atoms with E-state index >= 15 is 0 Å². The molecule has 0 bridgehead atoms. The molecule has 1 amide bonds. The van der Waals surface area contributed by atoms with E-state index in [0.717, 1.165) is 16.3 Å². The molecule has 2 aromatic rings. The Balaban J connectivity index is 1.71. The highest BCUT2D eigenvalue weighted by Crippen LogP contribution is 2.20. The summed E-state index contributed by atoms with van der Waals surface area (Å²) in [5, 5.41) is 10.9. The van der Waals surface area contributed by atoms with Crippen LogP contribution in [0, 0.1) is 12.8 Å². The first-order valence-corrected chi connectivity index (χ1v) is 7.35. The van der Waals surface area contributed by atoms with Gasteiger partial charge in [-0.2, -0.15) is 0 Å². The number of amides is 1. The topological polar surface area (TPSA) is 74.9 Å². The van der Waals surface area contributed by atoms with E-state index in [1.54, 1.807) is 4.90 Å². The number of aromatic nitrogens is 2. The predicted molar refractivity (Wildman–Crippen MR) is 73.8 cm³/mol. The van der Waals surface area contributed by atoms with Gasteiger partial charge >= 0.3 is 5.97 Å². The molecule has 20 heavy (non-hydrogen) atoms. The molecule has 1 atom stereocenters. The summed E-state index contributed by atoms with van der Waals surface area (Å²) >= 11 is 1.51. The molecule has 0 saturated carbocycles. The van der Waals surface area contributed by atoms with Crippen LogP contribution < -0.4 is 0 Å². The minimum Gasteiger partial charge on any atom is -0.481 e. The van der Waals surface area contributed by atoms with Crippen molar-refractivity contribution in [2.45, 2.75) is 19.8 Å². The summed E-state index contributed by atoms with van der Waals surface area (Å²) in [6.07, 6.45) is 2.75. The van der Waals surface area contributed by atoms with Crippen molar-refractivity contribution in [2.24, 2.45) is 5.92 Å². The summed E-state index contributed by atoms with van der Waals surface area (Å²) in [7, 11) is 0. The molecule has 2 aromatic heterocycles. The van der Waals surface area contributed by atoms with Gasteiger partial charge in [-0.25, -0.2) is 4.98 Å². The first-order chi connectivity index (χ1) is 9.54. The van der Waals surface area contributed by atoms with Crippen LogP contribution in [-0.2, 0) is 16.0 Å². The summed E-state index contributed by atoms with van der Waals surface area (Å²) in [5.74, 6) is -1.25. The van der Waals surface area contributed by atoms with Crippen LogP contribution in [0.4, 0.5) is 0 Å². The van der Waals surface area contributed by atoms with E-state index in [0.29, 0.717) is 25.9 Å². The van der Waals surface area contributed by atoms with Gasteiger partial charge < -0.3 is 10.0 Å². The molecular formula is C13H15N3O3S. The summed E-state index contributed by atoms with van der Waals surface area (Å²) in [5.41, 5.74) is 1.84. The van der Waals surface area contributed by atoms with Gasteiger partial charge in [0.05, 0.1) is 18.0 Å². The fourth-order valence-electron chi connectivity index (χ4n) is 2.52. The summed E-state index contributed by atoms with van der Waals surface area (Å²) in [4.78, 5) is 30.0. The number of carbonyl (C=O) groups excluding carboxylic acids is 1. The molecular weight excluding hydrogens is 278 g/mol. The highest BCUT2D eigenvalue weighted by molar-refractivity contribution is 7.15. The molecule has 0 spiro atoms. The molecule has 7 heteroatoms. The van der Waals surface area contributed by atoms with Crippen molar-refractivity contribution in [3.63, 3.8) is 0 Å². The maximum absolute atomic E-state index is 12.2. The minimum atomic E-state index is -0.816. The van der Waals surface area contributed by atoms with Crippen molar-refractivity contribution < 1.29 is 14.7 Å². The zero-order valence-corrected chi connectivity index (χ0v) is 11.9. The first-order valence-electron chi connectivity index (χ1n) is 6.47. The monoisotopic (exact) mass is 293 g/mol. The molecule has 1 saturated heterocycles. The molecule has 106 valence electrons. The second kappa shape index (κ2) is 4.90. The van der Waals surface area contributed by atoms with Crippen LogP contribution in [0.15, 0.2) is 11.6 Å². The van der Waals surface area contributed by atoms with Gasteiger partial charge in [0.2, 0.25) is 5.91 Å². The average Bonchev–Trinajstić information content (AvgIpc) is 3.05. The Labute approximate surface area is 119 Å². The van der Waals surface area contributed by atoms with Gasteiger partial charge in [-0.1, -0.05) is 0 Å². The Morgan fingerprint density at radius 3 is 3.05 bits per heavy atom. The molecule has 0 radical (unpaired) electrons. The summed E-state index contributed by atoms with van der Waals surface area (Å²) in [6.45, 7) is 2.78. The van der Waals surface area contributed by atoms with Crippen molar-refractivity contribution in [1.82, 2.24) is 14.3 Å². The third-order valence-corrected chi connectivity index (χ3v) is 4.52. The largest absolute Gasteiger partial charge is 0.481 e. The van der Waals surface area contributed by atoms with E-state index < -0.39 is 11.9 Å². The predicted octanol–water partition coefficient (Wildman–Crippen LogP) is 1.18. The second-order valence-corrected chi connectivity index (χ2v) is 5.94. The molecule has 3 rings (SSSR count). The number of fused-ring (bicyclic) bond motifs is 1. The Morgan fingerprint density at radius 2 is 2.35 bits per heavy atom. The second-order valence-electron chi connectivity index (χ2n) is 5.10. The van der Waals surface area contributed by atoms with E-state index in [9.17, 15) is 9.59 Å². The number of aryl methyl sites for hydroxylation is 1. The SMILES string of the molecule is Cc1cn2c(CC(=O)N3CCC(C(=O)O)C3)csc2n1. The van der Waals surface area contributed by atoms with E-state index in [1.807, 2.05) is 22.9 Å². The Morgan fingerprint density at radius 1 is 1.55 bits per heavy atom. The van der Waals surface area contributed by atoms with Crippen LogP contribution >= 0.6 is 11.3 Å². The number of carboxylic acids is 1. The Bertz CT molecular complexity index is 676. The van der Waals surface area contributed by atoms with Gasteiger partial charge in [0.15, 0.2) is 4.96 Å². The minimum absolute atomic E-state index is 0.0141. The average molecular weight is 293 g/mol. The molecule has 1 N–H and O–H groups in total. The molecule has 1 fully saturated rings. The van der Waals surface area contributed by atoms with E-state index in [-0.39, 0.29) is 5.91 Å². The maximum Gasteiger partial charge on any atom is 0.308 e. The number of likely N-dealkylation sites (tertiary alicyclic amines) is 1. The Kier molecular flexibility index (Phi) is 3.21. The van der Waals surface area contributed by atoms with Crippen LogP contribution in [0.2, 0.25) is 0 Å². The summed E-state index contributed by atoms with van der Waals surface area (Å²) < 4.78 is 1.93. The van der Waals surface area contributed by atoms with Gasteiger partial charge in [0.25, 0.3) is 0 Å². The summed E-state index contributed by atoms with van der Waals surface area (Å²) in [6, 6.07) is 0. The number of imidazole rings is 1. The fraction of sp³-hybridized carbons (Fsp3) is 0.462. The molecule has 3 heterocycles. The van der Waals surface area contributed by atoms with Crippen molar-refractivity contribution in [1.29, 1.82) is 0 Å². The highest BCUT2D eigenvalue weighted by atomic mass is 32.1. The van der Waals surface area contributed by atoms with Crippen molar-refractivity contribution in [3.05, 3.63) is 23.0 Å². The van der Waals surface area contributed by atoms with Crippen molar-refractivity contribution >= 4 is 28.2 Å². The van der Waals surface area contributed by atoms with E-state index in [2.05, 4.69) is 4.98 Å². The highest BCUT2D eigenvalue weighted by Gasteiger charge is 2.30. The maximum atomic E-state index is 12.2. The molecule has 0 aromatic carbocycles. The van der Waals surface area contributed by atoms with Crippen molar-refractivity contribution in [3.8, 4) is 0 Å². The standard InChI is InChI=1S/C13H15N3O3S/c1-8-5-16-10(7-20-13(16)14-8)4-11(17)15-3-2-9(6-15)12(18)19/h5,7,9H,2-4,6H2,1H3,(H,18,19). The third-order valence-electron chi connectivity index (χ3n) is 3.63. The number of hydrogen-bond donors (Lipinski definition) is 1.